The van der Waals surface area contributed by atoms with Gasteiger partial charge in [-0.1, -0.05) is 26.0 Å². The zero-order chi connectivity index (χ0) is 22.0. The molecule has 0 spiro atoms. The molecule has 4 rings (SSSR count). The molecule has 168 valence electrons. The van der Waals surface area contributed by atoms with Gasteiger partial charge in [0, 0.05) is 49.8 Å². The number of rotatable bonds is 8. The van der Waals surface area contributed by atoms with Crippen molar-refractivity contribution in [3.8, 4) is 0 Å². The van der Waals surface area contributed by atoms with Crippen molar-refractivity contribution in [3.05, 3.63) is 52.7 Å². The number of sulfonamides is 1. The van der Waals surface area contributed by atoms with Crippen LogP contribution in [0.25, 0.3) is 0 Å². The predicted octanol–water partition coefficient (Wildman–Crippen LogP) is 3.51. The Morgan fingerprint density at radius 1 is 1.03 bits per heavy atom. The van der Waals surface area contributed by atoms with Gasteiger partial charge in [-0.25, -0.2) is 22.8 Å². The fraction of sp³-hybridized carbons (Fsp3) is 0.565. The van der Waals surface area contributed by atoms with Crippen LogP contribution in [0.4, 0.5) is 10.2 Å². The van der Waals surface area contributed by atoms with E-state index in [9.17, 15) is 12.8 Å². The van der Waals surface area contributed by atoms with E-state index < -0.39 is 10.0 Å². The van der Waals surface area contributed by atoms with E-state index in [0.717, 1.165) is 47.7 Å². The summed E-state index contributed by atoms with van der Waals surface area (Å²) in [6.07, 6.45) is 4.32. The van der Waals surface area contributed by atoms with Crippen LogP contribution in [0, 0.1) is 5.82 Å². The first-order valence-corrected chi connectivity index (χ1v) is 12.9. The Kier molecular flexibility index (Phi) is 6.57. The van der Waals surface area contributed by atoms with Crippen LogP contribution in [0.2, 0.25) is 0 Å². The van der Waals surface area contributed by atoms with Gasteiger partial charge in [0.1, 0.15) is 17.5 Å². The van der Waals surface area contributed by atoms with Crippen LogP contribution in [0.5, 0.6) is 0 Å². The van der Waals surface area contributed by atoms with E-state index in [1.54, 1.807) is 4.31 Å². The van der Waals surface area contributed by atoms with Crippen molar-refractivity contribution in [1.82, 2.24) is 14.3 Å². The second-order valence-electron chi connectivity index (χ2n) is 8.46. The summed E-state index contributed by atoms with van der Waals surface area (Å²) in [5.41, 5.74) is 3.13. The van der Waals surface area contributed by atoms with Gasteiger partial charge in [0.15, 0.2) is 0 Å². The van der Waals surface area contributed by atoms with E-state index in [1.165, 1.54) is 12.1 Å². The molecule has 1 saturated carbocycles. The molecule has 0 unspecified atom stereocenters. The first kappa shape index (κ1) is 22.1. The molecule has 1 aliphatic carbocycles. The standard InChI is InChI=1S/C23H31FN4O2S/c1-3-15-31(29,30)28-13-11-27(12-14-28)23-20(16-17-5-9-19(24)10-6-17)21(4-2)25-22(26-23)18-7-8-18/h5-6,9-10,18H,3-4,7-8,11-16H2,1-2H3. The molecule has 2 aliphatic rings. The molecule has 0 radical (unpaired) electrons. The second-order valence-corrected chi connectivity index (χ2v) is 10.6. The van der Waals surface area contributed by atoms with Crippen molar-refractivity contribution >= 4 is 15.8 Å². The molecule has 6 nitrogen and oxygen atoms in total. The van der Waals surface area contributed by atoms with Gasteiger partial charge in [0.2, 0.25) is 10.0 Å². The number of hydrogen-bond acceptors (Lipinski definition) is 5. The van der Waals surface area contributed by atoms with Crippen LogP contribution in [0.3, 0.4) is 0 Å². The van der Waals surface area contributed by atoms with E-state index >= 15 is 0 Å². The van der Waals surface area contributed by atoms with Crippen LogP contribution in [0.15, 0.2) is 24.3 Å². The molecular weight excluding hydrogens is 415 g/mol. The molecule has 2 heterocycles. The Morgan fingerprint density at radius 2 is 1.71 bits per heavy atom. The maximum absolute atomic E-state index is 13.4. The third kappa shape index (κ3) is 5.06. The average molecular weight is 447 g/mol. The summed E-state index contributed by atoms with van der Waals surface area (Å²) in [6.45, 7) is 6.17. The zero-order valence-corrected chi connectivity index (χ0v) is 19.2. The fourth-order valence-corrected chi connectivity index (χ4v) is 5.66. The maximum atomic E-state index is 13.4. The monoisotopic (exact) mass is 446 g/mol. The van der Waals surface area contributed by atoms with Gasteiger partial charge in [-0.15, -0.1) is 0 Å². The maximum Gasteiger partial charge on any atom is 0.214 e. The number of anilines is 1. The highest BCUT2D eigenvalue weighted by Crippen LogP contribution is 2.40. The van der Waals surface area contributed by atoms with Gasteiger partial charge < -0.3 is 4.90 Å². The number of nitrogens with zero attached hydrogens (tertiary/aromatic N) is 4. The van der Waals surface area contributed by atoms with Crippen molar-refractivity contribution in [2.24, 2.45) is 0 Å². The van der Waals surface area contributed by atoms with Crippen LogP contribution in [-0.4, -0.2) is 54.6 Å². The molecule has 1 saturated heterocycles. The van der Waals surface area contributed by atoms with Gasteiger partial charge in [-0.05, 0) is 43.4 Å². The molecule has 0 atom stereocenters. The van der Waals surface area contributed by atoms with E-state index in [0.29, 0.717) is 44.9 Å². The van der Waals surface area contributed by atoms with Crippen LogP contribution < -0.4 is 4.90 Å². The Balaban J connectivity index is 1.64. The van der Waals surface area contributed by atoms with E-state index in [4.69, 9.17) is 9.97 Å². The van der Waals surface area contributed by atoms with Gasteiger partial charge in [0.05, 0.1) is 5.75 Å². The minimum absolute atomic E-state index is 0.197. The Hall–Kier alpha value is -2.06. The lowest BCUT2D eigenvalue weighted by molar-refractivity contribution is 0.383. The first-order valence-electron chi connectivity index (χ1n) is 11.3. The number of benzene rings is 1. The van der Waals surface area contributed by atoms with E-state index in [2.05, 4.69) is 11.8 Å². The van der Waals surface area contributed by atoms with Crippen LogP contribution in [0.1, 0.15) is 61.7 Å². The smallest absolute Gasteiger partial charge is 0.214 e. The summed E-state index contributed by atoms with van der Waals surface area (Å²) >= 11 is 0. The normalized spacial score (nSPS) is 17.8. The number of aryl methyl sites for hydroxylation is 1. The van der Waals surface area contributed by atoms with Crippen molar-refractivity contribution in [2.75, 3.05) is 36.8 Å². The molecule has 0 N–H and O–H groups in total. The SMILES string of the molecule is CCCS(=O)(=O)N1CCN(c2nc(C3CC3)nc(CC)c2Cc2ccc(F)cc2)CC1. The van der Waals surface area contributed by atoms with Crippen molar-refractivity contribution < 1.29 is 12.8 Å². The largest absolute Gasteiger partial charge is 0.354 e. The summed E-state index contributed by atoms with van der Waals surface area (Å²) in [5.74, 6) is 2.23. The molecule has 1 aliphatic heterocycles. The third-order valence-corrected chi connectivity index (χ3v) is 8.13. The highest BCUT2D eigenvalue weighted by molar-refractivity contribution is 7.89. The molecule has 0 amide bonds. The quantitative estimate of drug-likeness (QED) is 0.621. The lowest BCUT2D eigenvalue weighted by Crippen LogP contribution is -2.49. The molecule has 2 aromatic rings. The summed E-state index contributed by atoms with van der Waals surface area (Å²) in [4.78, 5) is 12.1. The number of hydrogen-bond donors (Lipinski definition) is 0. The molecule has 0 bridgehead atoms. The number of halogens is 1. The van der Waals surface area contributed by atoms with Crippen LogP contribution in [-0.2, 0) is 22.9 Å². The Morgan fingerprint density at radius 3 is 2.29 bits per heavy atom. The molecule has 2 fully saturated rings. The Bertz CT molecular complexity index is 1010. The summed E-state index contributed by atoms with van der Waals surface area (Å²) in [5, 5.41) is 0. The average Bonchev–Trinajstić information content (AvgIpc) is 3.61. The zero-order valence-electron chi connectivity index (χ0n) is 18.3. The van der Waals surface area contributed by atoms with Gasteiger partial charge in [0.25, 0.3) is 0 Å². The van der Waals surface area contributed by atoms with Crippen molar-refractivity contribution in [1.29, 1.82) is 0 Å². The van der Waals surface area contributed by atoms with Crippen LogP contribution >= 0.6 is 0 Å². The number of piperazine rings is 1. The topological polar surface area (TPSA) is 66.4 Å². The van der Waals surface area contributed by atoms with Crippen molar-refractivity contribution in [3.63, 3.8) is 0 Å². The lowest BCUT2D eigenvalue weighted by atomic mass is 10.0. The summed E-state index contributed by atoms with van der Waals surface area (Å²) in [7, 11) is -3.19. The predicted molar refractivity (Wildman–Crippen MR) is 120 cm³/mol. The van der Waals surface area contributed by atoms with E-state index in [1.807, 2.05) is 19.1 Å². The molecule has 8 heteroatoms. The molecule has 31 heavy (non-hydrogen) atoms. The first-order chi connectivity index (χ1) is 14.9. The van der Waals surface area contributed by atoms with Crippen molar-refractivity contribution in [2.45, 2.75) is 51.9 Å². The second kappa shape index (κ2) is 9.20. The lowest BCUT2D eigenvalue weighted by Gasteiger charge is -2.36. The third-order valence-electron chi connectivity index (χ3n) is 6.05. The van der Waals surface area contributed by atoms with Gasteiger partial charge >= 0.3 is 0 Å². The Labute approximate surface area is 184 Å². The molecule has 1 aromatic carbocycles. The fourth-order valence-electron chi connectivity index (χ4n) is 4.17. The van der Waals surface area contributed by atoms with Gasteiger partial charge in [-0.3, -0.25) is 0 Å². The molecule has 1 aromatic heterocycles. The number of aromatic nitrogens is 2. The highest BCUT2D eigenvalue weighted by Gasteiger charge is 2.32. The van der Waals surface area contributed by atoms with E-state index in [-0.39, 0.29) is 11.6 Å². The summed E-state index contributed by atoms with van der Waals surface area (Å²) in [6, 6.07) is 6.58. The van der Waals surface area contributed by atoms with Gasteiger partial charge in [-0.2, -0.15) is 4.31 Å². The minimum atomic E-state index is -3.19. The minimum Gasteiger partial charge on any atom is -0.354 e. The highest BCUT2D eigenvalue weighted by atomic mass is 32.2. The summed E-state index contributed by atoms with van der Waals surface area (Å²) < 4.78 is 39.9. The molecular formula is C23H31FN4O2S.